The number of benzene rings is 1. The van der Waals surface area contributed by atoms with E-state index in [2.05, 4.69) is 5.32 Å². The molecule has 1 N–H and O–H groups in total. The molecule has 0 spiro atoms. The number of hydrogen-bond acceptors (Lipinski definition) is 2. The number of unbranched alkanes of at least 4 members (excludes halogenated alkanes) is 1. The lowest BCUT2D eigenvalue weighted by Crippen LogP contribution is -2.33. The molecule has 0 heterocycles. The van der Waals surface area contributed by atoms with Crippen LogP contribution in [0.15, 0.2) is 24.3 Å². The van der Waals surface area contributed by atoms with Crippen LogP contribution in [0.2, 0.25) is 0 Å². The first kappa shape index (κ1) is 15.5. The van der Waals surface area contributed by atoms with E-state index in [1.54, 1.807) is 12.1 Å². The third-order valence-corrected chi connectivity index (χ3v) is 2.50. The predicted molar refractivity (Wildman–Crippen MR) is 73.6 cm³/mol. The van der Waals surface area contributed by atoms with Crippen molar-refractivity contribution in [1.82, 2.24) is 5.32 Å². The number of halogens is 1. The molecule has 0 aliphatic heterocycles. The molecule has 0 unspecified atom stereocenters. The Morgan fingerprint density at radius 2 is 1.95 bits per heavy atom. The van der Waals surface area contributed by atoms with Gasteiger partial charge in [-0.05, 0) is 51.7 Å². The highest BCUT2D eigenvalue weighted by atomic mass is 19.1. The summed E-state index contributed by atoms with van der Waals surface area (Å²) in [6, 6.07) is 6.77. The van der Waals surface area contributed by atoms with E-state index in [4.69, 9.17) is 4.74 Å². The topological polar surface area (TPSA) is 38.3 Å². The Hall–Kier alpha value is -1.58. The molecular weight excluding hydrogens is 245 g/mol. The molecule has 1 aromatic carbocycles. The Balaban J connectivity index is 2.15. The first-order valence-electron chi connectivity index (χ1n) is 6.59. The number of amides is 1. The van der Waals surface area contributed by atoms with E-state index in [0.717, 1.165) is 18.4 Å². The fourth-order valence-electron chi connectivity index (χ4n) is 1.65. The lowest BCUT2D eigenvalue weighted by molar-refractivity contribution is 0.0527. The minimum atomic E-state index is -0.475. The molecule has 4 heteroatoms. The molecule has 106 valence electrons. The van der Waals surface area contributed by atoms with Crippen LogP contribution in [0.25, 0.3) is 0 Å². The maximum Gasteiger partial charge on any atom is 0.407 e. The summed E-state index contributed by atoms with van der Waals surface area (Å²) in [5.74, 6) is -0.164. The van der Waals surface area contributed by atoms with Crippen molar-refractivity contribution in [1.29, 1.82) is 0 Å². The van der Waals surface area contributed by atoms with E-state index < -0.39 is 11.7 Å². The molecule has 0 bridgehead atoms. The average molecular weight is 267 g/mol. The van der Waals surface area contributed by atoms with Crippen molar-refractivity contribution in [3.63, 3.8) is 0 Å². The van der Waals surface area contributed by atoms with Gasteiger partial charge in [-0.25, -0.2) is 9.18 Å². The van der Waals surface area contributed by atoms with E-state index in [1.807, 2.05) is 26.8 Å². The number of aryl methyl sites for hydroxylation is 1. The highest BCUT2D eigenvalue weighted by molar-refractivity contribution is 5.67. The molecule has 0 saturated heterocycles. The minimum absolute atomic E-state index is 0.164. The van der Waals surface area contributed by atoms with Crippen LogP contribution >= 0.6 is 0 Å². The number of nitrogens with one attached hydrogen (secondary N) is 1. The molecule has 1 rings (SSSR count). The summed E-state index contributed by atoms with van der Waals surface area (Å²) in [6.07, 6.45) is 1.91. The first-order chi connectivity index (χ1) is 8.88. The smallest absolute Gasteiger partial charge is 0.407 e. The van der Waals surface area contributed by atoms with Crippen molar-refractivity contribution in [2.24, 2.45) is 0 Å². The quantitative estimate of drug-likeness (QED) is 0.827. The van der Waals surface area contributed by atoms with Crippen LogP contribution in [0.1, 0.15) is 39.2 Å². The second-order valence-corrected chi connectivity index (χ2v) is 5.48. The summed E-state index contributed by atoms with van der Waals surface area (Å²) in [4.78, 5) is 11.4. The molecule has 1 amide bonds. The van der Waals surface area contributed by atoms with Crippen LogP contribution in [0.5, 0.6) is 0 Å². The largest absolute Gasteiger partial charge is 0.444 e. The fourth-order valence-corrected chi connectivity index (χ4v) is 1.65. The maximum atomic E-state index is 13.3. The van der Waals surface area contributed by atoms with Crippen molar-refractivity contribution >= 4 is 6.09 Å². The second kappa shape index (κ2) is 7.12. The lowest BCUT2D eigenvalue weighted by atomic mass is 10.1. The van der Waals surface area contributed by atoms with Gasteiger partial charge < -0.3 is 10.1 Å². The van der Waals surface area contributed by atoms with E-state index >= 15 is 0 Å². The molecule has 0 aromatic heterocycles. The molecule has 0 aliphatic carbocycles. The lowest BCUT2D eigenvalue weighted by Gasteiger charge is -2.19. The van der Waals surface area contributed by atoms with Crippen molar-refractivity contribution < 1.29 is 13.9 Å². The van der Waals surface area contributed by atoms with Gasteiger partial charge in [0.05, 0.1) is 0 Å². The predicted octanol–water partition coefficient (Wildman–Crippen LogP) is 3.67. The van der Waals surface area contributed by atoms with Gasteiger partial charge in [0, 0.05) is 6.54 Å². The highest BCUT2D eigenvalue weighted by Crippen LogP contribution is 2.10. The van der Waals surface area contributed by atoms with Crippen LogP contribution in [-0.2, 0) is 11.2 Å². The summed E-state index contributed by atoms with van der Waals surface area (Å²) < 4.78 is 18.4. The SMILES string of the molecule is CC(C)(C)OC(=O)NCCCCc1ccccc1F. The van der Waals surface area contributed by atoms with Crippen molar-refractivity contribution in [2.45, 2.75) is 45.6 Å². The van der Waals surface area contributed by atoms with Crippen LogP contribution in [0, 0.1) is 5.82 Å². The van der Waals surface area contributed by atoms with Crippen LogP contribution in [-0.4, -0.2) is 18.2 Å². The van der Waals surface area contributed by atoms with Crippen LogP contribution in [0.3, 0.4) is 0 Å². The Morgan fingerprint density at radius 3 is 2.58 bits per heavy atom. The molecule has 19 heavy (non-hydrogen) atoms. The first-order valence-corrected chi connectivity index (χ1v) is 6.59. The summed E-state index contributed by atoms with van der Waals surface area (Å²) >= 11 is 0. The number of ether oxygens (including phenoxy) is 1. The number of rotatable bonds is 5. The number of hydrogen-bond donors (Lipinski definition) is 1. The van der Waals surface area contributed by atoms with Gasteiger partial charge >= 0.3 is 6.09 Å². The molecule has 0 aliphatic rings. The molecule has 0 saturated carbocycles. The number of carbonyl (C=O) groups excluding carboxylic acids is 1. The Kier molecular flexibility index (Phi) is 5.80. The minimum Gasteiger partial charge on any atom is -0.444 e. The second-order valence-electron chi connectivity index (χ2n) is 5.48. The van der Waals surface area contributed by atoms with Gasteiger partial charge in [-0.15, -0.1) is 0 Å². The zero-order valence-corrected chi connectivity index (χ0v) is 11.8. The Morgan fingerprint density at radius 1 is 1.26 bits per heavy atom. The van der Waals surface area contributed by atoms with Crippen LogP contribution < -0.4 is 5.32 Å². The van der Waals surface area contributed by atoms with Gasteiger partial charge in [0.15, 0.2) is 0 Å². The van der Waals surface area contributed by atoms with E-state index in [-0.39, 0.29) is 5.82 Å². The molecule has 0 fully saturated rings. The normalized spacial score (nSPS) is 11.2. The zero-order valence-electron chi connectivity index (χ0n) is 11.8. The Labute approximate surface area is 114 Å². The summed E-state index contributed by atoms with van der Waals surface area (Å²) in [7, 11) is 0. The molecule has 3 nitrogen and oxygen atoms in total. The molecule has 1 aromatic rings. The monoisotopic (exact) mass is 267 g/mol. The molecule has 0 atom stereocenters. The number of carbonyl (C=O) groups is 1. The van der Waals surface area contributed by atoms with Gasteiger partial charge in [-0.3, -0.25) is 0 Å². The van der Waals surface area contributed by atoms with Gasteiger partial charge in [-0.2, -0.15) is 0 Å². The number of alkyl carbamates (subject to hydrolysis) is 1. The van der Waals surface area contributed by atoms with Gasteiger partial charge in [-0.1, -0.05) is 18.2 Å². The molecular formula is C15H22FNO2. The standard InChI is InChI=1S/C15H22FNO2/c1-15(2,3)19-14(18)17-11-7-6-9-12-8-4-5-10-13(12)16/h4-5,8,10H,6-7,9,11H2,1-3H3,(H,17,18). The van der Waals surface area contributed by atoms with E-state index in [1.165, 1.54) is 6.07 Å². The average Bonchev–Trinajstić information content (AvgIpc) is 2.28. The zero-order chi connectivity index (χ0) is 14.3. The van der Waals surface area contributed by atoms with E-state index in [0.29, 0.717) is 13.0 Å². The fraction of sp³-hybridized carbons (Fsp3) is 0.533. The highest BCUT2D eigenvalue weighted by Gasteiger charge is 2.15. The van der Waals surface area contributed by atoms with Crippen molar-refractivity contribution in [3.8, 4) is 0 Å². The molecule has 0 radical (unpaired) electrons. The van der Waals surface area contributed by atoms with Gasteiger partial charge in [0.25, 0.3) is 0 Å². The summed E-state index contributed by atoms with van der Waals surface area (Å²) in [6.45, 7) is 6.02. The maximum absolute atomic E-state index is 13.3. The van der Waals surface area contributed by atoms with Gasteiger partial charge in [0.2, 0.25) is 0 Å². The van der Waals surface area contributed by atoms with Gasteiger partial charge in [0.1, 0.15) is 11.4 Å². The van der Waals surface area contributed by atoms with Crippen molar-refractivity contribution in [2.75, 3.05) is 6.54 Å². The van der Waals surface area contributed by atoms with Crippen LogP contribution in [0.4, 0.5) is 9.18 Å². The third kappa shape index (κ3) is 6.79. The van der Waals surface area contributed by atoms with Crippen molar-refractivity contribution in [3.05, 3.63) is 35.6 Å². The van der Waals surface area contributed by atoms with E-state index in [9.17, 15) is 9.18 Å². The summed E-state index contributed by atoms with van der Waals surface area (Å²) in [5, 5.41) is 2.69. The third-order valence-electron chi connectivity index (χ3n) is 2.50. The summed E-state index contributed by atoms with van der Waals surface area (Å²) in [5.41, 5.74) is 0.247. The Bertz CT molecular complexity index is 413.